The van der Waals surface area contributed by atoms with E-state index in [9.17, 15) is 4.79 Å². The number of rotatable bonds is 3. The number of esters is 1. The van der Waals surface area contributed by atoms with Crippen molar-refractivity contribution in [1.29, 1.82) is 0 Å². The molecule has 0 amide bonds. The molecule has 2 atom stereocenters. The molecular weight excluding hydrogens is 262 g/mol. The molecule has 4 heteroatoms. The Hall–Kier alpha value is -1.61. The summed E-state index contributed by atoms with van der Waals surface area (Å²) in [6, 6.07) is 7.69. The van der Waals surface area contributed by atoms with Crippen LogP contribution in [0.2, 0.25) is 5.02 Å². The van der Waals surface area contributed by atoms with Crippen LogP contribution in [-0.4, -0.2) is 17.6 Å². The van der Waals surface area contributed by atoms with Gasteiger partial charge in [-0.1, -0.05) is 17.7 Å². The van der Waals surface area contributed by atoms with E-state index < -0.39 is 0 Å². The van der Waals surface area contributed by atoms with Crippen LogP contribution < -0.4 is 0 Å². The lowest BCUT2D eigenvalue weighted by atomic mass is 10.1. The van der Waals surface area contributed by atoms with E-state index in [4.69, 9.17) is 16.3 Å². The monoisotopic (exact) mass is 275 g/mol. The molecule has 1 aliphatic carbocycles. The van der Waals surface area contributed by atoms with E-state index >= 15 is 0 Å². The minimum Gasteiger partial charge on any atom is -0.466 e. The molecule has 2 aromatic rings. The Morgan fingerprint density at radius 3 is 3.11 bits per heavy atom. The predicted octanol–water partition coefficient (Wildman–Crippen LogP) is 3.55. The second kappa shape index (κ2) is 4.82. The molecule has 0 saturated heterocycles. The van der Waals surface area contributed by atoms with Crippen LogP contribution in [0.15, 0.2) is 30.5 Å². The quantitative estimate of drug-likeness (QED) is 0.804. The number of nitrogens with zero attached hydrogens (tertiary/aromatic N) is 1. The summed E-state index contributed by atoms with van der Waals surface area (Å²) < 4.78 is 5.06. The van der Waals surface area contributed by atoms with Crippen LogP contribution in [0, 0.1) is 5.92 Å². The topological polar surface area (TPSA) is 39.2 Å². The molecule has 98 valence electrons. The number of carbonyl (C=O) groups excluding carboxylic acids is 1. The highest BCUT2D eigenvalue weighted by atomic mass is 35.5. The van der Waals surface area contributed by atoms with E-state index in [1.807, 2.05) is 31.2 Å². The number of hydrogen-bond donors (Lipinski definition) is 0. The van der Waals surface area contributed by atoms with E-state index in [1.165, 1.54) is 0 Å². The minimum absolute atomic E-state index is 0.0336. The van der Waals surface area contributed by atoms with Crippen molar-refractivity contribution in [2.24, 2.45) is 5.92 Å². The average molecular weight is 276 g/mol. The van der Waals surface area contributed by atoms with Gasteiger partial charge in [0.05, 0.1) is 18.2 Å². The number of fused-ring (bicyclic) bond motifs is 1. The van der Waals surface area contributed by atoms with Crippen molar-refractivity contribution in [3.63, 3.8) is 0 Å². The van der Waals surface area contributed by atoms with Crippen molar-refractivity contribution in [3.05, 3.63) is 41.2 Å². The summed E-state index contributed by atoms with van der Waals surface area (Å²) in [7, 11) is 0. The molecule has 1 aromatic carbocycles. The molecule has 19 heavy (non-hydrogen) atoms. The number of aromatic nitrogens is 1. The molecule has 1 aliphatic rings. The first-order chi connectivity index (χ1) is 9.20. The third-order valence-corrected chi connectivity index (χ3v) is 3.72. The Balaban J connectivity index is 1.93. The highest BCUT2D eigenvalue weighted by Crippen LogP contribution is 2.49. The first-order valence-corrected chi connectivity index (χ1v) is 6.79. The van der Waals surface area contributed by atoms with Gasteiger partial charge in [-0.25, -0.2) is 0 Å². The molecule has 3 rings (SSSR count). The average Bonchev–Trinajstić information content (AvgIpc) is 3.18. The highest BCUT2D eigenvalue weighted by molar-refractivity contribution is 6.31. The fourth-order valence-corrected chi connectivity index (χ4v) is 2.66. The van der Waals surface area contributed by atoms with Gasteiger partial charge in [0.15, 0.2) is 0 Å². The van der Waals surface area contributed by atoms with E-state index in [0.717, 1.165) is 22.9 Å². The maximum absolute atomic E-state index is 11.7. The maximum Gasteiger partial charge on any atom is 0.309 e. The molecule has 1 fully saturated rings. The number of carbonyl (C=O) groups is 1. The van der Waals surface area contributed by atoms with Gasteiger partial charge >= 0.3 is 5.97 Å². The van der Waals surface area contributed by atoms with Crippen LogP contribution in [0.1, 0.15) is 25.0 Å². The van der Waals surface area contributed by atoms with Crippen LogP contribution >= 0.6 is 11.6 Å². The molecule has 0 spiro atoms. The minimum atomic E-state index is -0.111. The first-order valence-electron chi connectivity index (χ1n) is 6.41. The lowest BCUT2D eigenvalue weighted by Crippen LogP contribution is -2.07. The van der Waals surface area contributed by atoms with Crippen molar-refractivity contribution in [3.8, 4) is 0 Å². The fourth-order valence-electron chi connectivity index (χ4n) is 2.47. The Bertz CT molecular complexity index is 641. The molecule has 1 aromatic heterocycles. The lowest BCUT2D eigenvalue weighted by molar-refractivity contribution is -0.144. The zero-order valence-corrected chi connectivity index (χ0v) is 11.4. The van der Waals surface area contributed by atoms with Gasteiger partial charge in [0, 0.05) is 22.5 Å². The summed E-state index contributed by atoms with van der Waals surface area (Å²) in [5, 5.41) is 2.85. The molecule has 0 radical (unpaired) electrons. The van der Waals surface area contributed by atoms with Crippen molar-refractivity contribution in [2.75, 3.05) is 6.61 Å². The molecule has 1 saturated carbocycles. The molecule has 0 aliphatic heterocycles. The molecule has 1 heterocycles. The zero-order valence-electron chi connectivity index (χ0n) is 10.6. The van der Waals surface area contributed by atoms with Gasteiger partial charge in [-0.3, -0.25) is 9.78 Å². The third-order valence-electron chi connectivity index (χ3n) is 3.49. The number of benzene rings is 1. The van der Waals surface area contributed by atoms with Crippen LogP contribution in [0.25, 0.3) is 10.8 Å². The second-order valence-corrected chi connectivity index (χ2v) is 5.20. The first kappa shape index (κ1) is 12.4. The summed E-state index contributed by atoms with van der Waals surface area (Å²) in [6.45, 7) is 2.26. The van der Waals surface area contributed by atoms with Crippen molar-refractivity contribution in [1.82, 2.24) is 4.98 Å². The Kier molecular flexibility index (Phi) is 3.15. The largest absolute Gasteiger partial charge is 0.466 e. The standard InChI is InChI=1S/C15H14ClNO2/c1-2-19-15(18)13-8-12(13)14-11-4-3-10(16)7-9(11)5-6-17-14/h3-7,12-13H,2,8H2,1H3/t12-,13-/m1/s1. The van der Waals surface area contributed by atoms with E-state index in [-0.39, 0.29) is 17.8 Å². The smallest absolute Gasteiger partial charge is 0.309 e. The lowest BCUT2D eigenvalue weighted by Gasteiger charge is -2.05. The Labute approximate surface area is 116 Å². The van der Waals surface area contributed by atoms with E-state index in [2.05, 4.69) is 4.98 Å². The highest BCUT2D eigenvalue weighted by Gasteiger charge is 2.46. The van der Waals surface area contributed by atoms with Gasteiger partial charge in [0.1, 0.15) is 0 Å². The fraction of sp³-hybridized carbons (Fsp3) is 0.333. The van der Waals surface area contributed by atoms with Gasteiger partial charge in [-0.05, 0) is 36.9 Å². The van der Waals surface area contributed by atoms with Gasteiger partial charge < -0.3 is 4.74 Å². The summed E-state index contributed by atoms with van der Waals surface area (Å²) in [5.74, 6) is 0.0397. The molecule has 3 nitrogen and oxygen atoms in total. The van der Waals surface area contributed by atoms with Crippen molar-refractivity contribution >= 4 is 28.3 Å². The predicted molar refractivity (Wildman–Crippen MR) is 74.2 cm³/mol. The van der Waals surface area contributed by atoms with Crippen LogP contribution in [0.3, 0.4) is 0 Å². The molecule has 0 unspecified atom stereocenters. The van der Waals surface area contributed by atoms with Gasteiger partial charge in [0.2, 0.25) is 0 Å². The van der Waals surface area contributed by atoms with Gasteiger partial charge in [0.25, 0.3) is 0 Å². The zero-order chi connectivity index (χ0) is 13.4. The SMILES string of the molecule is CCOC(=O)[C@@H]1C[C@H]1c1nccc2cc(Cl)ccc12. The summed E-state index contributed by atoms with van der Waals surface area (Å²) >= 11 is 5.99. The molecule has 0 bridgehead atoms. The maximum atomic E-state index is 11.7. The number of ether oxygens (including phenoxy) is 1. The third kappa shape index (κ3) is 2.30. The summed E-state index contributed by atoms with van der Waals surface area (Å²) in [5.41, 5.74) is 0.979. The second-order valence-electron chi connectivity index (χ2n) is 4.76. The number of hydrogen-bond acceptors (Lipinski definition) is 3. The summed E-state index contributed by atoms with van der Waals surface area (Å²) in [6.07, 6.45) is 2.60. The van der Waals surface area contributed by atoms with Gasteiger partial charge in [-0.2, -0.15) is 0 Å². The van der Waals surface area contributed by atoms with Crippen LogP contribution in [0.4, 0.5) is 0 Å². The van der Waals surface area contributed by atoms with Crippen LogP contribution in [0.5, 0.6) is 0 Å². The van der Waals surface area contributed by atoms with E-state index in [1.54, 1.807) is 6.20 Å². The Morgan fingerprint density at radius 2 is 2.32 bits per heavy atom. The number of halogens is 1. The molecule has 0 N–H and O–H groups in total. The normalized spacial score (nSPS) is 21.4. The van der Waals surface area contributed by atoms with Crippen LogP contribution in [-0.2, 0) is 9.53 Å². The summed E-state index contributed by atoms with van der Waals surface area (Å²) in [4.78, 5) is 16.1. The van der Waals surface area contributed by atoms with Gasteiger partial charge in [-0.15, -0.1) is 0 Å². The van der Waals surface area contributed by atoms with Crippen molar-refractivity contribution < 1.29 is 9.53 Å². The molecular formula is C15H14ClNO2. The van der Waals surface area contributed by atoms with E-state index in [0.29, 0.717) is 11.6 Å². The Morgan fingerprint density at radius 1 is 1.47 bits per heavy atom. The number of pyridine rings is 1. The van der Waals surface area contributed by atoms with Crippen molar-refractivity contribution in [2.45, 2.75) is 19.3 Å².